The maximum atomic E-state index is 11.6. The van der Waals surface area contributed by atoms with Crippen LogP contribution in [-0.2, 0) is 20.7 Å². The predicted molar refractivity (Wildman–Crippen MR) is 64.8 cm³/mol. The van der Waals surface area contributed by atoms with Gasteiger partial charge in [0.25, 0.3) is 0 Å². The van der Waals surface area contributed by atoms with Crippen molar-refractivity contribution in [2.45, 2.75) is 19.4 Å². The fourth-order valence-electron chi connectivity index (χ4n) is 1.32. The number of nitrogens with one attached hydrogen (secondary N) is 1. The minimum Gasteiger partial charge on any atom is -0.467 e. The van der Waals surface area contributed by atoms with Crippen molar-refractivity contribution < 1.29 is 14.3 Å². The average Bonchev–Trinajstić information content (AvgIpc) is 2.30. The Bertz CT molecular complexity index is 403. The summed E-state index contributed by atoms with van der Waals surface area (Å²) in [4.78, 5) is 22.7. The molecule has 0 aliphatic rings. The van der Waals surface area contributed by atoms with Gasteiger partial charge in [-0.25, -0.2) is 4.79 Å². The number of esters is 1. The predicted octanol–water partition coefficient (Wildman–Crippen LogP) is 1.56. The first-order valence-electron chi connectivity index (χ1n) is 5.14. The lowest BCUT2D eigenvalue weighted by Crippen LogP contribution is -2.39. The molecule has 0 aliphatic carbocycles. The molecular weight excluding hydrogens is 242 g/mol. The third-order valence-corrected chi connectivity index (χ3v) is 2.46. The van der Waals surface area contributed by atoms with Crippen molar-refractivity contribution in [1.29, 1.82) is 0 Å². The Hall–Kier alpha value is -1.55. The van der Waals surface area contributed by atoms with Crippen LogP contribution < -0.4 is 5.32 Å². The van der Waals surface area contributed by atoms with E-state index in [0.29, 0.717) is 5.02 Å². The Morgan fingerprint density at radius 3 is 2.47 bits per heavy atom. The largest absolute Gasteiger partial charge is 0.467 e. The molecule has 5 heteroatoms. The lowest BCUT2D eigenvalue weighted by molar-refractivity contribution is -0.144. The van der Waals surface area contributed by atoms with Gasteiger partial charge >= 0.3 is 5.97 Å². The number of hydrogen-bond donors (Lipinski definition) is 1. The van der Waals surface area contributed by atoms with Crippen LogP contribution in [0.25, 0.3) is 0 Å². The molecule has 0 fully saturated rings. The van der Waals surface area contributed by atoms with E-state index in [0.717, 1.165) is 5.56 Å². The topological polar surface area (TPSA) is 55.4 Å². The van der Waals surface area contributed by atoms with E-state index in [-0.39, 0.29) is 12.3 Å². The Kier molecular flexibility index (Phi) is 4.97. The molecule has 0 aliphatic heterocycles. The van der Waals surface area contributed by atoms with Crippen LogP contribution in [0.5, 0.6) is 0 Å². The fraction of sp³-hybridized carbons (Fsp3) is 0.333. The second kappa shape index (κ2) is 6.25. The van der Waals surface area contributed by atoms with Gasteiger partial charge in [-0.3, -0.25) is 4.79 Å². The standard InChI is InChI=1S/C12H14ClNO3/c1-8(12(16)17-2)14-11(15)7-9-3-5-10(13)6-4-9/h3-6,8H,7H2,1-2H3,(H,14,15)/t8-/m0/s1. The first kappa shape index (κ1) is 13.5. The Labute approximate surface area is 105 Å². The Morgan fingerprint density at radius 2 is 1.94 bits per heavy atom. The molecule has 1 atom stereocenters. The van der Waals surface area contributed by atoms with Gasteiger partial charge < -0.3 is 10.1 Å². The van der Waals surface area contributed by atoms with Crippen molar-refractivity contribution in [1.82, 2.24) is 5.32 Å². The number of benzene rings is 1. The second-order valence-corrected chi connectivity index (χ2v) is 4.05. The first-order valence-corrected chi connectivity index (χ1v) is 5.52. The fourth-order valence-corrected chi connectivity index (χ4v) is 1.44. The molecule has 0 aromatic heterocycles. The van der Waals surface area contributed by atoms with Crippen LogP contribution in [0.1, 0.15) is 12.5 Å². The molecule has 0 saturated carbocycles. The van der Waals surface area contributed by atoms with E-state index in [1.54, 1.807) is 31.2 Å². The molecule has 1 aromatic rings. The summed E-state index contributed by atoms with van der Waals surface area (Å²) in [6, 6.07) is 6.33. The third kappa shape index (κ3) is 4.44. The summed E-state index contributed by atoms with van der Waals surface area (Å²) < 4.78 is 4.51. The number of rotatable bonds is 4. The summed E-state index contributed by atoms with van der Waals surface area (Å²) in [6.07, 6.45) is 0.207. The van der Waals surface area contributed by atoms with Crippen molar-refractivity contribution in [3.8, 4) is 0 Å². The third-order valence-electron chi connectivity index (χ3n) is 2.21. The number of methoxy groups -OCH3 is 1. The van der Waals surface area contributed by atoms with E-state index in [9.17, 15) is 9.59 Å². The van der Waals surface area contributed by atoms with E-state index in [4.69, 9.17) is 11.6 Å². The molecule has 1 rings (SSSR count). The minimum absolute atomic E-state index is 0.207. The zero-order valence-corrected chi connectivity index (χ0v) is 10.5. The molecule has 0 spiro atoms. The van der Waals surface area contributed by atoms with Crippen LogP contribution >= 0.6 is 11.6 Å². The molecule has 0 saturated heterocycles. The maximum absolute atomic E-state index is 11.6. The zero-order chi connectivity index (χ0) is 12.8. The van der Waals surface area contributed by atoms with Crippen LogP contribution in [0, 0.1) is 0 Å². The number of ether oxygens (including phenoxy) is 1. The summed E-state index contributed by atoms with van der Waals surface area (Å²) in [6.45, 7) is 1.57. The highest BCUT2D eigenvalue weighted by molar-refractivity contribution is 6.30. The minimum atomic E-state index is -0.639. The van der Waals surface area contributed by atoms with Gasteiger partial charge in [0, 0.05) is 5.02 Å². The molecule has 0 heterocycles. The van der Waals surface area contributed by atoms with Crippen LogP contribution in [0.3, 0.4) is 0 Å². The van der Waals surface area contributed by atoms with Crippen molar-refractivity contribution in [3.63, 3.8) is 0 Å². The number of hydrogen-bond acceptors (Lipinski definition) is 3. The van der Waals surface area contributed by atoms with Gasteiger partial charge in [-0.2, -0.15) is 0 Å². The van der Waals surface area contributed by atoms with Crippen molar-refractivity contribution >= 4 is 23.5 Å². The normalized spacial score (nSPS) is 11.7. The molecule has 4 nitrogen and oxygen atoms in total. The van der Waals surface area contributed by atoms with Gasteiger partial charge in [0.15, 0.2) is 0 Å². The summed E-state index contributed by atoms with van der Waals surface area (Å²) in [5.74, 6) is -0.695. The average molecular weight is 256 g/mol. The Morgan fingerprint density at radius 1 is 1.35 bits per heavy atom. The molecule has 0 bridgehead atoms. The van der Waals surface area contributed by atoms with E-state index in [2.05, 4.69) is 10.1 Å². The molecule has 0 radical (unpaired) electrons. The Balaban J connectivity index is 2.50. The molecular formula is C12H14ClNO3. The highest BCUT2D eigenvalue weighted by atomic mass is 35.5. The van der Waals surface area contributed by atoms with Gasteiger partial charge in [0.05, 0.1) is 13.5 Å². The van der Waals surface area contributed by atoms with Gasteiger partial charge in [-0.15, -0.1) is 0 Å². The van der Waals surface area contributed by atoms with Crippen molar-refractivity contribution in [2.75, 3.05) is 7.11 Å². The number of halogens is 1. The zero-order valence-electron chi connectivity index (χ0n) is 9.70. The smallest absolute Gasteiger partial charge is 0.328 e. The SMILES string of the molecule is COC(=O)[C@H](C)NC(=O)Cc1ccc(Cl)cc1. The van der Waals surface area contributed by atoms with E-state index in [1.807, 2.05) is 0 Å². The quantitative estimate of drug-likeness (QED) is 0.831. The van der Waals surface area contributed by atoms with Crippen molar-refractivity contribution in [3.05, 3.63) is 34.9 Å². The van der Waals surface area contributed by atoms with Gasteiger partial charge in [-0.05, 0) is 24.6 Å². The highest BCUT2D eigenvalue weighted by Gasteiger charge is 2.15. The van der Waals surface area contributed by atoms with E-state index in [1.165, 1.54) is 7.11 Å². The van der Waals surface area contributed by atoms with Gasteiger partial charge in [-0.1, -0.05) is 23.7 Å². The molecule has 92 valence electrons. The first-order chi connectivity index (χ1) is 8.02. The number of carbonyl (C=O) groups is 2. The maximum Gasteiger partial charge on any atom is 0.328 e. The van der Waals surface area contributed by atoms with Crippen LogP contribution in [0.15, 0.2) is 24.3 Å². The van der Waals surface area contributed by atoms with Crippen LogP contribution in [-0.4, -0.2) is 25.0 Å². The van der Waals surface area contributed by atoms with Crippen molar-refractivity contribution in [2.24, 2.45) is 0 Å². The summed E-state index contributed by atoms with van der Waals surface area (Å²) in [5.41, 5.74) is 0.837. The highest BCUT2D eigenvalue weighted by Crippen LogP contribution is 2.09. The molecule has 17 heavy (non-hydrogen) atoms. The molecule has 1 aromatic carbocycles. The lowest BCUT2D eigenvalue weighted by Gasteiger charge is -2.11. The molecule has 1 amide bonds. The van der Waals surface area contributed by atoms with E-state index >= 15 is 0 Å². The summed E-state index contributed by atoms with van der Waals surface area (Å²) >= 11 is 5.73. The monoisotopic (exact) mass is 255 g/mol. The summed E-state index contributed by atoms with van der Waals surface area (Å²) in [7, 11) is 1.28. The van der Waals surface area contributed by atoms with Crippen LogP contribution in [0.2, 0.25) is 5.02 Å². The number of carbonyl (C=O) groups excluding carboxylic acids is 2. The lowest BCUT2D eigenvalue weighted by atomic mass is 10.1. The van der Waals surface area contributed by atoms with Crippen LogP contribution in [0.4, 0.5) is 0 Å². The summed E-state index contributed by atoms with van der Waals surface area (Å²) in [5, 5.41) is 3.17. The number of amides is 1. The van der Waals surface area contributed by atoms with Gasteiger partial charge in [0.2, 0.25) is 5.91 Å². The molecule has 0 unspecified atom stereocenters. The molecule has 1 N–H and O–H groups in total. The second-order valence-electron chi connectivity index (χ2n) is 3.62. The van der Waals surface area contributed by atoms with E-state index < -0.39 is 12.0 Å². The van der Waals surface area contributed by atoms with Gasteiger partial charge in [0.1, 0.15) is 6.04 Å².